The maximum atomic E-state index is 12.0. The van der Waals surface area contributed by atoms with Gasteiger partial charge in [0.15, 0.2) is 0 Å². The van der Waals surface area contributed by atoms with Gasteiger partial charge in [0.05, 0.1) is 13.2 Å². The minimum atomic E-state index is -0.319. The van der Waals surface area contributed by atoms with Gasteiger partial charge in [-0.1, -0.05) is 26.0 Å². The molecule has 0 bridgehead atoms. The van der Waals surface area contributed by atoms with Gasteiger partial charge in [0.2, 0.25) is 11.8 Å². The van der Waals surface area contributed by atoms with E-state index >= 15 is 0 Å². The molecule has 0 atom stereocenters. The van der Waals surface area contributed by atoms with Gasteiger partial charge in [0, 0.05) is 18.2 Å². The summed E-state index contributed by atoms with van der Waals surface area (Å²) >= 11 is 0. The lowest BCUT2D eigenvalue weighted by Gasteiger charge is -2.32. The third-order valence-electron chi connectivity index (χ3n) is 3.75. The molecule has 1 fully saturated rings. The molecule has 1 aliphatic rings. The molecular formula is C15H20N2O3. The molecule has 0 aromatic heterocycles. The van der Waals surface area contributed by atoms with Gasteiger partial charge in [-0.2, -0.15) is 0 Å². The first-order valence-electron chi connectivity index (χ1n) is 6.61. The van der Waals surface area contributed by atoms with E-state index in [9.17, 15) is 14.7 Å². The van der Waals surface area contributed by atoms with Crippen molar-refractivity contribution >= 4 is 17.5 Å². The summed E-state index contributed by atoms with van der Waals surface area (Å²) in [7, 11) is 1.63. The predicted octanol–water partition coefficient (Wildman–Crippen LogP) is 0.761. The smallest absolute Gasteiger partial charge is 0.247 e. The van der Waals surface area contributed by atoms with Crippen LogP contribution in [-0.2, 0) is 15.0 Å². The molecule has 1 aliphatic heterocycles. The van der Waals surface area contributed by atoms with Gasteiger partial charge in [-0.15, -0.1) is 0 Å². The van der Waals surface area contributed by atoms with Gasteiger partial charge in [-0.3, -0.25) is 9.59 Å². The van der Waals surface area contributed by atoms with Crippen molar-refractivity contribution in [2.75, 3.05) is 31.6 Å². The number of hydrogen-bond acceptors (Lipinski definition) is 3. The highest BCUT2D eigenvalue weighted by molar-refractivity contribution is 6.04. The molecule has 1 N–H and O–H groups in total. The fraction of sp³-hybridized carbons (Fsp3) is 0.467. The molecule has 2 rings (SSSR count). The fourth-order valence-electron chi connectivity index (χ4n) is 2.14. The number of piperazine rings is 1. The molecule has 2 amide bonds. The zero-order valence-corrected chi connectivity index (χ0v) is 12.1. The highest BCUT2D eigenvalue weighted by Crippen LogP contribution is 2.25. The Kier molecular flexibility index (Phi) is 3.81. The fourth-order valence-corrected chi connectivity index (χ4v) is 2.14. The van der Waals surface area contributed by atoms with Crippen molar-refractivity contribution in [2.24, 2.45) is 0 Å². The largest absolute Gasteiger partial charge is 0.395 e. The van der Waals surface area contributed by atoms with Crippen LogP contribution in [0.5, 0.6) is 0 Å². The summed E-state index contributed by atoms with van der Waals surface area (Å²) in [4.78, 5) is 26.6. The summed E-state index contributed by atoms with van der Waals surface area (Å²) in [6, 6.07) is 7.43. The number of likely N-dealkylation sites (N-methyl/N-ethyl adjacent to an activating group) is 1. The third kappa shape index (κ3) is 2.67. The summed E-state index contributed by atoms with van der Waals surface area (Å²) in [6.45, 7) is 4.15. The summed E-state index contributed by atoms with van der Waals surface area (Å²) < 4.78 is 0. The first-order valence-corrected chi connectivity index (χ1v) is 6.61. The van der Waals surface area contributed by atoms with E-state index in [1.807, 2.05) is 38.1 Å². The number of amides is 2. The number of carbonyl (C=O) groups excluding carboxylic acids is 2. The topological polar surface area (TPSA) is 60.9 Å². The number of aliphatic hydroxyl groups excluding tert-OH is 1. The molecule has 20 heavy (non-hydrogen) atoms. The van der Waals surface area contributed by atoms with E-state index < -0.39 is 0 Å². The molecule has 0 aliphatic carbocycles. The Morgan fingerprint density at radius 2 is 1.70 bits per heavy atom. The second-order valence-corrected chi connectivity index (χ2v) is 5.82. The molecule has 0 spiro atoms. The Bertz CT molecular complexity index is 522. The molecule has 0 unspecified atom stereocenters. The number of rotatable bonds is 3. The second kappa shape index (κ2) is 5.25. The molecule has 1 aromatic rings. The summed E-state index contributed by atoms with van der Waals surface area (Å²) in [5.41, 5.74) is 1.39. The summed E-state index contributed by atoms with van der Waals surface area (Å²) in [5, 5.41) is 9.36. The second-order valence-electron chi connectivity index (χ2n) is 5.82. The van der Waals surface area contributed by atoms with Crippen LogP contribution >= 0.6 is 0 Å². The van der Waals surface area contributed by atoms with Crippen LogP contribution < -0.4 is 4.90 Å². The van der Waals surface area contributed by atoms with Crippen molar-refractivity contribution in [1.82, 2.24) is 4.90 Å². The van der Waals surface area contributed by atoms with E-state index in [1.165, 1.54) is 9.80 Å². The molecule has 5 nitrogen and oxygen atoms in total. The molecule has 108 valence electrons. The number of nitrogens with zero attached hydrogens (tertiary/aromatic N) is 2. The average molecular weight is 276 g/mol. The Morgan fingerprint density at radius 3 is 2.25 bits per heavy atom. The first-order chi connectivity index (χ1) is 9.35. The van der Waals surface area contributed by atoms with E-state index in [0.717, 1.165) is 5.56 Å². The first kappa shape index (κ1) is 14.5. The van der Waals surface area contributed by atoms with Gasteiger partial charge in [-0.05, 0) is 17.7 Å². The van der Waals surface area contributed by atoms with E-state index in [1.54, 1.807) is 7.05 Å². The normalized spacial score (nSPS) is 16.8. The monoisotopic (exact) mass is 276 g/mol. The maximum Gasteiger partial charge on any atom is 0.247 e. The van der Waals surface area contributed by atoms with Crippen LogP contribution in [0.2, 0.25) is 0 Å². The maximum absolute atomic E-state index is 12.0. The van der Waals surface area contributed by atoms with Gasteiger partial charge < -0.3 is 14.9 Å². The van der Waals surface area contributed by atoms with Crippen LogP contribution in [0.3, 0.4) is 0 Å². The number of benzene rings is 1. The van der Waals surface area contributed by atoms with Crippen molar-refractivity contribution in [3.63, 3.8) is 0 Å². The molecule has 1 heterocycles. The van der Waals surface area contributed by atoms with Crippen LogP contribution in [0.1, 0.15) is 19.4 Å². The molecule has 1 aromatic carbocycles. The van der Waals surface area contributed by atoms with E-state index in [-0.39, 0.29) is 36.9 Å². The van der Waals surface area contributed by atoms with Crippen LogP contribution in [0, 0.1) is 0 Å². The van der Waals surface area contributed by atoms with Gasteiger partial charge in [-0.25, -0.2) is 0 Å². The SMILES string of the molecule is CN1CC(=O)N(c2ccc(C(C)(C)CO)cc2)CC1=O. The number of aliphatic hydroxyl groups is 1. The van der Waals surface area contributed by atoms with Gasteiger partial charge in [0.1, 0.15) is 6.54 Å². The zero-order chi connectivity index (χ0) is 14.9. The Hall–Kier alpha value is -1.88. The van der Waals surface area contributed by atoms with E-state index in [4.69, 9.17) is 0 Å². The molecular weight excluding hydrogens is 256 g/mol. The van der Waals surface area contributed by atoms with Crippen molar-refractivity contribution in [3.8, 4) is 0 Å². The lowest BCUT2D eigenvalue weighted by Crippen LogP contribution is -2.52. The molecule has 0 radical (unpaired) electrons. The highest BCUT2D eigenvalue weighted by Gasteiger charge is 2.28. The minimum absolute atomic E-state index is 0.0538. The van der Waals surface area contributed by atoms with Crippen molar-refractivity contribution in [3.05, 3.63) is 29.8 Å². The molecule has 5 heteroatoms. The van der Waals surface area contributed by atoms with Crippen LogP contribution in [-0.4, -0.2) is 48.6 Å². The van der Waals surface area contributed by atoms with Crippen LogP contribution in [0.15, 0.2) is 24.3 Å². The molecule has 0 saturated carbocycles. The van der Waals surface area contributed by atoms with Crippen LogP contribution in [0.25, 0.3) is 0 Å². The standard InChI is InChI=1S/C15H20N2O3/c1-15(2,10-18)11-4-6-12(7-5-11)17-9-13(19)16(3)8-14(17)20/h4-7,18H,8-10H2,1-3H3. The Balaban J connectivity index is 2.22. The average Bonchev–Trinajstić information content (AvgIpc) is 2.43. The lowest BCUT2D eigenvalue weighted by atomic mass is 9.85. The molecule has 1 saturated heterocycles. The van der Waals surface area contributed by atoms with Crippen molar-refractivity contribution in [1.29, 1.82) is 0 Å². The number of anilines is 1. The van der Waals surface area contributed by atoms with E-state index in [0.29, 0.717) is 5.69 Å². The van der Waals surface area contributed by atoms with Crippen LogP contribution in [0.4, 0.5) is 5.69 Å². The Morgan fingerprint density at radius 1 is 1.10 bits per heavy atom. The van der Waals surface area contributed by atoms with Crippen molar-refractivity contribution in [2.45, 2.75) is 19.3 Å². The van der Waals surface area contributed by atoms with Gasteiger partial charge >= 0.3 is 0 Å². The van der Waals surface area contributed by atoms with E-state index in [2.05, 4.69) is 0 Å². The lowest BCUT2D eigenvalue weighted by molar-refractivity contribution is -0.136. The predicted molar refractivity (Wildman–Crippen MR) is 76.5 cm³/mol. The Labute approximate surface area is 118 Å². The third-order valence-corrected chi connectivity index (χ3v) is 3.75. The van der Waals surface area contributed by atoms with Gasteiger partial charge in [0.25, 0.3) is 0 Å². The highest BCUT2D eigenvalue weighted by atomic mass is 16.3. The summed E-state index contributed by atoms with van der Waals surface area (Å²) in [6.07, 6.45) is 0. The van der Waals surface area contributed by atoms with Crippen molar-refractivity contribution < 1.29 is 14.7 Å². The quantitative estimate of drug-likeness (QED) is 0.886. The number of hydrogen-bond donors (Lipinski definition) is 1. The summed E-state index contributed by atoms with van der Waals surface area (Å²) in [5.74, 6) is -0.148. The zero-order valence-electron chi connectivity index (χ0n) is 12.1. The minimum Gasteiger partial charge on any atom is -0.395 e. The number of carbonyl (C=O) groups is 2.